The highest BCUT2D eigenvalue weighted by molar-refractivity contribution is 5.97. The number of hydrogen-bond acceptors (Lipinski definition) is 1. The van der Waals surface area contributed by atoms with Crippen molar-refractivity contribution >= 4 is 27.8 Å². The molecule has 10 aromatic rings. The number of rotatable bonds is 8. The van der Waals surface area contributed by atoms with Gasteiger partial charge in [-0.15, -0.1) is 0 Å². The van der Waals surface area contributed by atoms with Crippen molar-refractivity contribution in [3.05, 3.63) is 271 Å². The summed E-state index contributed by atoms with van der Waals surface area (Å²) < 4.78 is 0. The van der Waals surface area contributed by atoms with Gasteiger partial charge in [0.15, 0.2) is 0 Å². The molecule has 0 radical (unpaired) electrons. The van der Waals surface area contributed by atoms with E-state index in [2.05, 4.69) is 254 Å². The molecule has 1 nitrogen and oxygen atoms in total. The number of anilines is 3. The van der Waals surface area contributed by atoms with Gasteiger partial charge in [0.2, 0.25) is 0 Å². The lowest BCUT2D eigenvalue weighted by Gasteiger charge is -2.34. The van der Waals surface area contributed by atoms with E-state index in [9.17, 15) is 0 Å². The van der Waals surface area contributed by atoms with Gasteiger partial charge in [-0.3, -0.25) is 0 Å². The molecule has 0 heterocycles. The zero-order chi connectivity index (χ0) is 39.9. The summed E-state index contributed by atoms with van der Waals surface area (Å²) in [7, 11) is 0. The summed E-state index contributed by atoms with van der Waals surface area (Å²) in [6.45, 7) is 0. The smallest absolute Gasteiger partial charge is 0.0714 e. The van der Waals surface area contributed by atoms with Crippen LogP contribution in [0.1, 0.15) is 22.3 Å². The van der Waals surface area contributed by atoms with E-state index in [0.717, 1.165) is 17.1 Å². The molecule has 0 unspecified atom stereocenters. The highest BCUT2D eigenvalue weighted by atomic mass is 15.1. The van der Waals surface area contributed by atoms with E-state index in [0.29, 0.717) is 0 Å². The monoisotopic (exact) mass is 763 g/mol. The predicted molar refractivity (Wildman–Crippen MR) is 252 cm³/mol. The van der Waals surface area contributed by atoms with Crippen molar-refractivity contribution in [2.24, 2.45) is 0 Å². The zero-order valence-electron chi connectivity index (χ0n) is 33.1. The number of nitrogens with zero attached hydrogens (tertiary/aromatic N) is 1. The van der Waals surface area contributed by atoms with Crippen molar-refractivity contribution in [1.82, 2.24) is 0 Å². The molecular weight excluding hydrogens is 723 g/mol. The van der Waals surface area contributed by atoms with E-state index in [1.54, 1.807) is 0 Å². The van der Waals surface area contributed by atoms with Crippen LogP contribution in [0.25, 0.3) is 55.3 Å². The predicted octanol–water partition coefficient (Wildman–Crippen LogP) is 15.7. The van der Waals surface area contributed by atoms with Gasteiger partial charge in [-0.05, 0) is 114 Å². The van der Waals surface area contributed by atoms with Crippen LogP contribution < -0.4 is 4.90 Å². The van der Waals surface area contributed by atoms with Crippen LogP contribution in [0.4, 0.5) is 17.1 Å². The lowest BCUT2D eigenvalue weighted by atomic mass is 9.68. The van der Waals surface area contributed by atoms with Crippen LogP contribution in [-0.2, 0) is 5.41 Å². The first-order chi connectivity index (χ1) is 29.8. The van der Waals surface area contributed by atoms with E-state index >= 15 is 0 Å². The minimum atomic E-state index is -0.472. The average Bonchev–Trinajstić information content (AvgIpc) is 3.64. The van der Waals surface area contributed by atoms with E-state index < -0.39 is 5.41 Å². The average molecular weight is 764 g/mol. The molecule has 0 aromatic heterocycles. The molecule has 1 aliphatic carbocycles. The maximum atomic E-state index is 2.43. The summed E-state index contributed by atoms with van der Waals surface area (Å²) in [5.74, 6) is 0. The van der Waals surface area contributed by atoms with Gasteiger partial charge in [0.1, 0.15) is 0 Å². The van der Waals surface area contributed by atoms with Gasteiger partial charge in [-0.25, -0.2) is 0 Å². The lowest BCUT2D eigenvalue weighted by Crippen LogP contribution is -2.28. The Balaban J connectivity index is 0.974. The number of para-hydroxylation sites is 1. The Labute approximate surface area is 352 Å². The normalized spacial score (nSPS) is 12.5. The summed E-state index contributed by atoms with van der Waals surface area (Å²) in [6, 6.07) is 90.9. The quantitative estimate of drug-likeness (QED) is 0.149. The molecule has 1 aliphatic rings. The Morgan fingerprint density at radius 1 is 0.283 bits per heavy atom. The van der Waals surface area contributed by atoms with Gasteiger partial charge in [0.25, 0.3) is 0 Å². The molecule has 60 heavy (non-hydrogen) atoms. The van der Waals surface area contributed by atoms with Crippen molar-refractivity contribution in [1.29, 1.82) is 0 Å². The third kappa shape index (κ3) is 5.94. The zero-order valence-corrected chi connectivity index (χ0v) is 33.1. The molecule has 0 saturated heterocycles. The highest BCUT2D eigenvalue weighted by Gasteiger charge is 2.47. The molecule has 282 valence electrons. The van der Waals surface area contributed by atoms with Crippen molar-refractivity contribution in [3.63, 3.8) is 0 Å². The molecule has 0 amide bonds. The molecule has 11 rings (SSSR count). The third-order valence-corrected chi connectivity index (χ3v) is 12.3. The summed E-state index contributed by atoms with van der Waals surface area (Å²) >= 11 is 0. The second-order valence-electron chi connectivity index (χ2n) is 15.7. The molecule has 0 fully saturated rings. The summed E-state index contributed by atoms with van der Waals surface area (Å²) in [6.07, 6.45) is 0. The van der Waals surface area contributed by atoms with E-state index in [-0.39, 0.29) is 0 Å². The Morgan fingerprint density at radius 2 is 0.750 bits per heavy atom. The molecule has 0 saturated carbocycles. The van der Waals surface area contributed by atoms with Gasteiger partial charge in [0.05, 0.1) is 11.1 Å². The molecular formula is C59H41N. The molecule has 1 heteroatoms. The Bertz CT molecular complexity index is 3070. The summed E-state index contributed by atoms with van der Waals surface area (Å²) in [4.78, 5) is 2.43. The van der Waals surface area contributed by atoms with E-state index in [4.69, 9.17) is 0 Å². The summed E-state index contributed by atoms with van der Waals surface area (Å²) in [5, 5.41) is 2.52. The number of hydrogen-bond donors (Lipinski definition) is 0. The first-order valence-corrected chi connectivity index (χ1v) is 20.8. The molecule has 0 N–H and O–H groups in total. The Morgan fingerprint density at radius 3 is 1.43 bits per heavy atom. The third-order valence-electron chi connectivity index (χ3n) is 12.3. The first-order valence-electron chi connectivity index (χ1n) is 20.8. The van der Waals surface area contributed by atoms with Gasteiger partial charge in [0, 0.05) is 16.9 Å². The SMILES string of the molecule is c1ccc(N(c2ccc(-c3ccc(-c4cccc(-c5ccc6ccccc6c5)c4)cc3)cc2)c2cccc3c2-c2ccccc2C3(c2ccccc2)c2ccccc2)cc1. The fraction of sp³-hybridized carbons (Fsp3) is 0.0169. The van der Waals surface area contributed by atoms with Gasteiger partial charge in [-0.2, -0.15) is 0 Å². The molecule has 0 spiro atoms. The summed E-state index contributed by atoms with van der Waals surface area (Å²) in [5.41, 5.74) is 17.8. The fourth-order valence-electron chi connectivity index (χ4n) is 9.57. The van der Waals surface area contributed by atoms with Crippen molar-refractivity contribution < 1.29 is 0 Å². The molecule has 0 bridgehead atoms. The maximum absolute atomic E-state index is 2.43. The van der Waals surface area contributed by atoms with Crippen LogP contribution in [0.3, 0.4) is 0 Å². The van der Waals surface area contributed by atoms with Gasteiger partial charge in [-0.1, -0.05) is 206 Å². The molecule has 0 aliphatic heterocycles. The first kappa shape index (κ1) is 35.4. The van der Waals surface area contributed by atoms with Crippen LogP contribution in [0.2, 0.25) is 0 Å². The van der Waals surface area contributed by atoms with Crippen LogP contribution in [-0.4, -0.2) is 0 Å². The van der Waals surface area contributed by atoms with E-state index in [1.165, 1.54) is 77.5 Å². The Kier molecular flexibility index (Phi) is 8.79. The van der Waals surface area contributed by atoms with Gasteiger partial charge < -0.3 is 4.90 Å². The Hall–Kier alpha value is -7.74. The lowest BCUT2D eigenvalue weighted by molar-refractivity contribution is 0.768. The van der Waals surface area contributed by atoms with Crippen LogP contribution >= 0.6 is 0 Å². The van der Waals surface area contributed by atoms with Gasteiger partial charge >= 0.3 is 0 Å². The maximum Gasteiger partial charge on any atom is 0.0714 e. The van der Waals surface area contributed by atoms with E-state index in [1.807, 2.05) is 0 Å². The largest absolute Gasteiger partial charge is 0.310 e. The second-order valence-corrected chi connectivity index (χ2v) is 15.7. The van der Waals surface area contributed by atoms with Crippen molar-refractivity contribution in [2.45, 2.75) is 5.41 Å². The second kappa shape index (κ2) is 14.9. The number of benzene rings is 10. The van der Waals surface area contributed by atoms with Crippen molar-refractivity contribution in [2.75, 3.05) is 4.90 Å². The van der Waals surface area contributed by atoms with Crippen LogP contribution in [0.15, 0.2) is 249 Å². The topological polar surface area (TPSA) is 3.24 Å². The highest BCUT2D eigenvalue weighted by Crippen LogP contribution is 2.59. The number of fused-ring (bicyclic) bond motifs is 4. The standard InChI is InChI=1S/C59H41N/c1-4-20-50(21-5-1)59(51-22-6-2-7-23-51)55-27-13-12-26-54(55)58-56(59)28-15-29-57(58)60(52-24-8-3-9-25-52)53-38-36-44(37-39-53)43-30-32-45(33-31-43)47-18-14-19-48(40-47)49-35-34-42-16-10-11-17-46(42)41-49/h1-41H. The molecule has 10 aromatic carbocycles. The minimum absolute atomic E-state index is 0.472. The fourth-order valence-corrected chi connectivity index (χ4v) is 9.57. The van der Waals surface area contributed by atoms with Crippen molar-refractivity contribution in [3.8, 4) is 44.5 Å². The van der Waals surface area contributed by atoms with Crippen LogP contribution in [0.5, 0.6) is 0 Å². The van der Waals surface area contributed by atoms with Crippen LogP contribution in [0, 0.1) is 0 Å². The minimum Gasteiger partial charge on any atom is -0.310 e. The molecule has 0 atom stereocenters.